The Hall–Kier alpha value is -3.47. The van der Waals surface area contributed by atoms with Gasteiger partial charge in [0.2, 0.25) is 11.8 Å². The zero-order chi connectivity index (χ0) is 24.0. The van der Waals surface area contributed by atoms with Crippen LogP contribution in [0.2, 0.25) is 0 Å². The second kappa shape index (κ2) is 8.71. The van der Waals surface area contributed by atoms with Crippen LogP contribution in [0.4, 0.5) is 0 Å². The fourth-order valence-corrected chi connectivity index (χ4v) is 4.70. The van der Waals surface area contributed by atoms with E-state index in [0.717, 1.165) is 0 Å². The molecule has 5 rings (SSSR count). The molecule has 0 spiro atoms. The van der Waals surface area contributed by atoms with Crippen molar-refractivity contribution in [1.82, 2.24) is 4.98 Å². The molecule has 0 saturated carbocycles. The molecule has 0 radical (unpaired) electrons. The van der Waals surface area contributed by atoms with Crippen LogP contribution < -0.4 is 0 Å². The van der Waals surface area contributed by atoms with Gasteiger partial charge in [-0.2, -0.15) is 0 Å². The maximum atomic E-state index is 5.99. The van der Waals surface area contributed by atoms with Crippen molar-refractivity contribution in [2.75, 3.05) is 13.2 Å². The summed E-state index contributed by atoms with van der Waals surface area (Å²) in [6.45, 7) is 14.0. The minimum Gasteiger partial charge on any atom is -0.474 e. The van der Waals surface area contributed by atoms with E-state index in [0.29, 0.717) is 36.4 Å². The molecule has 2 aliphatic rings. The van der Waals surface area contributed by atoms with Gasteiger partial charge in [-0.3, -0.25) is 0 Å². The summed E-state index contributed by atoms with van der Waals surface area (Å²) in [6, 6.07) is 14.4. The highest BCUT2D eigenvalue weighted by Crippen LogP contribution is 2.31. The van der Waals surface area contributed by atoms with Crippen LogP contribution in [0.25, 0.3) is 0 Å². The van der Waals surface area contributed by atoms with E-state index in [9.17, 15) is 0 Å². The van der Waals surface area contributed by atoms with Crippen LogP contribution in [0, 0.1) is 41.5 Å². The molecule has 5 heteroatoms. The number of aryl methyl sites for hydroxylation is 2. The van der Waals surface area contributed by atoms with Crippen molar-refractivity contribution < 1.29 is 9.47 Å². The predicted molar refractivity (Wildman–Crippen MR) is 136 cm³/mol. The predicted octanol–water partition coefficient (Wildman–Crippen LogP) is 5.97. The van der Waals surface area contributed by atoms with Crippen molar-refractivity contribution in [3.05, 3.63) is 98.4 Å². The van der Waals surface area contributed by atoms with Crippen LogP contribution in [0.1, 0.15) is 68.0 Å². The quantitative estimate of drug-likeness (QED) is 0.489. The Morgan fingerprint density at radius 3 is 1.47 bits per heavy atom. The summed E-state index contributed by atoms with van der Waals surface area (Å²) < 4.78 is 12.0. The Kier molecular flexibility index (Phi) is 5.72. The third-order valence-corrected chi connectivity index (χ3v) is 7.41. The fraction of sp³-hybridized carbons (Fsp3) is 0.345. The van der Waals surface area contributed by atoms with Gasteiger partial charge in [0.1, 0.15) is 36.7 Å². The summed E-state index contributed by atoms with van der Waals surface area (Å²) >= 11 is 0. The number of pyridine rings is 1. The number of hydrogen-bond donors (Lipinski definition) is 0. The summed E-state index contributed by atoms with van der Waals surface area (Å²) in [5.74, 6) is 1.15. The second-order valence-corrected chi connectivity index (χ2v) is 9.37. The summed E-state index contributed by atoms with van der Waals surface area (Å²) in [5, 5.41) is 0. The average molecular weight is 454 g/mol. The standard InChI is InChI=1S/C29H31N3O2/c1-16-10-12-22(20(5)18(16)3)26-14-33-28(31-26)24-8-7-9-25(30-24)29-32-27(15-34-29)23-13-11-17(2)19(4)21(23)6/h7-13,26-27H,14-15H2,1-6H3/t26-,27-/m1/s1. The highest BCUT2D eigenvalue weighted by atomic mass is 16.5. The maximum Gasteiger partial charge on any atom is 0.236 e. The van der Waals surface area contributed by atoms with E-state index in [4.69, 9.17) is 24.4 Å². The Labute approximate surface area is 201 Å². The summed E-state index contributed by atoms with van der Waals surface area (Å²) in [5.41, 5.74) is 11.6. The van der Waals surface area contributed by atoms with Crippen LogP contribution in [-0.2, 0) is 9.47 Å². The molecule has 2 aliphatic heterocycles. The molecule has 2 atom stereocenters. The van der Waals surface area contributed by atoms with E-state index in [-0.39, 0.29) is 12.1 Å². The SMILES string of the molecule is Cc1ccc([C@H]2COC(c3cccc(C4=N[C@@H](c5ccc(C)c(C)c5C)CO4)n3)=N2)c(C)c1C. The Morgan fingerprint density at radius 1 is 0.588 bits per heavy atom. The van der Waals surface area contributed by atoms with Crippen molar-refractivity contribution in [1.29, 1.82) is 0 Å². The van der Waals surface area contributed by atoms with E-state index in [1.807, 2.05) is 18.2 Å². The average Bonchev–Trinajstić information content (AvgIpc) is 3.52. The first-order valence-electron chi connectivity index (χ1n) is 11.9. The molecule has 3 heterocycles. The molecular formula is C29H31N3O2. The van der Waals surface area contributed by atoms with Crippen LogP contribution in [0.15, 0.2) is 52.4 Å². The van der Waals surface area contributed by atoms with Crippen molar-refractivity contribution in [2.45, 2.75) is 53.6 Å². The highest BCUT2D eigenvalue weighted by Gasteiger charge is 2.27. The molecule has 0 N–H and O–H groups in total. The minimum absolute atomic E-state index is 0.0167. The van der Waals surface area contributed by atoms with Gasteiger partial charge in [-0.25, -0.2) is 15.0 Å². The van der Waals surface area contributed by atoms with Crippen molar-refractivity contribution in [3.63, 3.8) is 0 Å². The molecule has 174 valence electrons. The van der Waals surface area contributed by atoms with Crippen molar-refractivity contribution in [3.8, 4) is 0 Å². The summed E-state index contributed by atoms with van der Waals surface area (Å²) in [4.78, 5) is 14.5. The van der Waals surface area contributed by atoms with Gasteiger partial charge in [0.25, 0.3) is 0 Å². The molecular weight excluding hydrogens is 422 g/mol. The van der Waals surface area contributed by atoms with Crippen LogP contribution in [0.5, 0.6) is 0 Å². The first-order chi connectivity index (χ1) is 16.3. The first-order valence-corrected chi connectivity index (χ1v) is 11.9. The summed E-state index contributed by atoms with van der Waals surface area (Å²) in [7, 11) is 0. The molecule has 1 aromatic heterocycles. The molecule has 0 bridgehead atoms. The first kappa shape index (κ1) is 22.3. The zero-order valence-corrected chi connectivity index (χ0v) is 20.8. The molecule has 3 aromatic rings. The molecule has 0 fully saturated rings. The van der Waals surface area contributed by atoms with Crippen LogP contribution in [0.3, 0.4) is 0 Å². The van der Waals surface area contributed by atoms with E-state index in [2.05, 4.69) is 65.8 Å². The third-order valence-electron chi connectivity index (χ3n) is 7.41. The Balaban J connectivity index is 1.41. The van der Waals surface area contributed by atoms with E-state index in [1.165, 1.54) is 44.5 Å². The number of aromatic nitrogens is 1. The molecule has 0 aliphatic carbocycles. The number of ether oxygens (including phenoxy) is 2. The van der Waals surface area contributed by atoms with Gasteiger partial charge in [-0.1, -0.05) is 30.3 Å². The number of hydrogen-bond acceptors (Lipinski definition) is 5. The monoisotopic (exact) mass is 453 g/mol. The van der Waals surface area contributed by atoms with Gasteiger partial charge in [-0.05, 0) is 98.2 Å². The van der Waals surface area contributed by atoms with Gasteiger partial charge in [0, 0.05) is 0 Å². The lowest BCUT2D eigenvalue weighted by molar-refractivity contribution is 0.317. The Morgan fingerprint density at radius 2 is 1.03 bits per heavy atom. The topological polar surface area (TPSA) is 56.1 Å². The van der Waals surface area contributed by atoms with Crippen LogP contribution in [-0.4, -0.2) is 30.0 Å². The number of aliphatic imine (C=N–C) groups is 2. The number of rotatable bonds is 4. The molecule has 0 unspecified atom stereocenters. The van der Waals surface area contributed by atoms with Gasteiger partial charge in [0.15, 0.2) is 0 Å². The number of nitrogens with zero attached hydrogens (tertiary/aromatic N) is 3. The van der Waals surface area contributed by atoms with Crippen molar-refractivity contribution >= 4 is 11.8 Å². The lowest BCUT2D eigenvalue weighted by Crippen LogP contribution is -2.10. The largest absolute Gasteiger partial charge is 0.474 e. The van der Waals surface area contributed by atoms with Gasteiger partial charge in [-0.15, -0.1) is 0 Å². The van der Waals surface area contributed by atoms with Gasteiger partial charge >= 0.3 is 0 Å². The fourth-order valence-electron chi connectivity index (χ4n) is 4.70. The normalized spacial score (nSPS) is 19.5. The second-order valence-electron chi connectivity index (χ2n) is 9.37. The van der Waals surface area contributed by atoms with Crippen LogP contribution >= 0.6 is 0 Å². The van der Waals surface area contributed by atoms with E-state index < -0.39 is 0 Å². The number of benzene rings is 2. The molecule has 0 saturated heterocycles. The zero-order valence-electron chi connectivity index (χ0n) is 20.8. The maximum absolute atomic E-state index is 5.99. The molecule has 5 nitrogen and oxygen atoms in total. The van der Waals surface area contributed by atoms with Gasteiger partial charge < -0.3 is 9.47 Å². The molecule has 0 amide bonds. The van der Waals surface area contributed by atoms with E-state index >= 15 is 0 Å². The molecule has 2 aromatic carbocycles. The lowest BCUT2D eigenvalue weighted by atomic mass is 9.95. The minimum atomic E-state index is -0.0167. The lowest BCUT2D eigenvalue weighted by Gasteiger charge is -2.13. The Bertz CT molecular complexity index is 1240. The highest BCUT2D eigenvalue weighted by molar-refractivity contribution is 5.97. The van der Waals surface area contributed by atoms with Crippen molar-refractivity contribution in [2.24, 2.45) is 9.98 Å². The van der Waals surface area contributed by atoms with E-state index in [1.54, 1.807) is 0 Å². The summed E-state index contributed by atoms with van der Waals surface area (Å²) in [6.07, 6.45) is 0. The smallest absolute Gasteiger partial charge is 0.236 e. The molecule has 34 heavy (non-hydrogen) atoms. The van der Waals surface area contributed by atoms with Gasteiger partial charge in [0.05, 0.1) is 0 Å². The third kappa shape index (κ3) is 3.89.